The Kier molecular flexibility index (Phi) is 448. The molecule has 12 heteroatoms. The maximum atomic E-state index is 8.25. The van der Waals surface area contributed by atoms with Gasteiger partial charge in [0, 0.05) is 32.4 Å². The van der Waals surface area contributed by atoms with Crippen LogP contribution in [0.1, 0.15) is 0 Å². The van der Waals surface area contributed by atoms with Crippen LogP contribution in [0.2, 0.25) is 0 Å². The predicted octanol–water partition coefficient (Wildman–Crippen LogP) is -11.2. The van der Waals surface area contributed by atoms with E-state index >= 15 is 0 Å². The SMILES string of the molecule is O=C[O-].O=C[O-].O=C[O-].O=C[O-].O=C[O-].[Na+].[Zr+4]. The zero-order valence-electron chi connectivity index (χ0n) is 8.47. The van der Waals surface area contributed by atoms with Gasteiger partial charge in [-0.1, -0.05) is 0 Å². The number of hydrogen-bond acceptors (Lipinski definition) is 10. The van der Waals surface area contributed by atoms with Crippen molar-refractivity contribution in [1.82, 2.24) is 0 Å². The van der Waals surface area contributed by atoms with Crippen molar-refractivity contribution >= 4 is 32.4 Å². The van der Waals surface area contributed by atoms with Crippen LogP contribution >= 0.6 is 0 Å². The van der Waals surface area contributed by atoms with Gasteiger partial charge in [-0.15, -0.1) is 0 Å². The van der Waals surface area contributed by atoms with Crippen molar-refractivity contribution in [3.8, 4) is 0 Å². The molecule has 0 aromatic carbocycles. The minimum Gasteiger partial charge on any atom is -0.554 e. The molecule has 90 valence electrons. The molecule has 0 aliphatic heterocycles. The Hall–Kier alpha value is -0.767. The average Bonchev–Trinajstić information content (AvgIpc) is 2.09. The molecule has 0 heterocycles. The molecule has 0 unspecified atom stereocenters. The van der Waals surface area contributed by atoms with Crippen LogP contribution in [-0.4, -0.2) is 32.4 Å². The van der Waals surface area contributed by atoms with Crippen LogP contribution in [0.4, 0.5) is 0 Å². The average molecular weight is 339 g/mol. The van der Waals surface area contributed by atoms with Crippen molar-refractivity contribution < 1.29 is 105 Å². The van der Waals surface area contributed by atoms with E-state index in [9.17, 15) is 0 Å². The summed E-state index contributed by atoms with van der Waals surface area (Å²) in [5, 5.41) is 41.2. The van der Waals surface area contributed by atoms with Crippen LogP contribution in [0.25, 0.3) is 0 Å². The van der Waals surface area contributed by atoms with Gasteiger partial charge >= 0.3 is 55.8 Å². The van der Waals surface area contributed by atoms with E-state index in [1.165, 1.54) is 0 Å². The quantitative estimate of drug-likeness (QED) is 0.301. The van der Waals surface area contributed by atoms with E-state index in [4.69, 9.17) is 49.5 Å². The Morgan fingerprint density at radius 2 is 0.471 bits per heavy atom. The molecule has 0 spiro atoms. The second-order valence-corrected chi connectivity index (χ2v) is 0.481. The molecule has 10 nitrogen and oxygen atoms in total. The van der Waals surface area contributed by atoms with Crippen LogP contribution in [0.3, 0.4) is 0 Å². The largest absolute Gasteiger partial charge is 4.00 e. The Morgan fingerprint density at radius 1 is 0.471 bits per heavy atom. The fourth-order valence-corrected chi connectivity index (χ4v) is 0. The summed E-state index contributed by atoms with van der Waals surface area (Å²) in [6.07, 6.45) is 0. The van der Waals surface area contributed by atoms with Gasteiger partial charge in [-0.3, -0.25) is 0 Å². The standard InChI is InChI=1S/5CH2O2.Na.Zr/c5*2-1-3;;/h5*1H,(H,2,3);;/q;;;;;+1;+4/p-5. The van der Waals surface area contributed by atoms with E-state index in [0.717, 1.165) is 0 Å². The topological polar surface area (TPSA) is 201 Å². The fourth-order valence-electron chi connectivity index (χ4n) is 0. The summed E-state index contributed by atoms with van der Waals surface area (Å²) in [5.74, 6) is 0. The molecule has 0 N–H and O–H groups in total. The molecule has 0 aromatic heterocycles. The van der Waals surface area contributed by atoms with Crippen molar-refractivity contribution in [1.29, 1.82) is 0 Å². The van der Waals surface area contributed by atoms with E-state index in [-0.39, 0.29) is 55.8 Å². The van der Waals surface area contributed by atoms with Gasteiger partial charge in [0.15, 0.2) is 0 Å². The molecule has 0 amide bonds. The monoisotopic (exact) mass is 338 g/mol. The van der Waals surface area contributed by atoms with Gasteiger partial charge in [0.05, 0.1) is 0 Å². The zero-order valence-corrected chi connectivity index (χ0v) is 12.9. The summed E-state index contributed by atoms with van der Waals surface area (Å²) in [4.78, 5) is 41.2. The summed E-state index contributed by atoms with van der Waals surface area (Å²) >= 11 is 0. The normalized spacial score (nSPS) is 3.53. The molecule has 0 radical (unpaired) electrons. The van der Waals surface area contributed by atoms with Crippen molar-refractivity contribution in [2.45, 2.75) is 0 Å². The summed E-state index contributed by atoms with van der Waals surface area (Å²) in [6, 6.07) is 0. The summed E-state index contributed by atoms with van der Waals surface area (Å²) in [6.45, 7) is -2.50. The number of carbonyl (C=O) groups excluding carboxylic acids is 5. The minimum atomic E-state index is -0.500. The van der Waals surface area contributed by atoms with Crippen molar-refractivity contribution in [2.24, 2.45) is 0 Å². The molecule has 17 heavy (non-hydrogen) atoms. The van der Waals surface area contributed by atoms with Gasteiger partial charge < -0.3 is 49.5 Å². The Bertz CT molecular complexity index is 97.0. The molecular weight excluding hydrogens is 334 g/mol. The minimum absolute atomic E-state index is 0. The first-order chi connectivity index (χ1) is 7.07. The van der Waals surface area contributed by atoms with E-state index in [0.29, 0.717) is 0 Å². The second-order valence-electron chi connectivity index (χ2n) is 0.481. The summed E-state index contributed by atoms with van der Waals surface area (Å²) < 4.78 is 0. The molecule has 0 bridgehead atoms. The molecule has 0 saturated heterocycles. The van der Waals surface area contributed by atoms with Gasteiger partial charge in [0.1, 0.15) is 0 Å². The van der Waals surface area contributed by atoms with Crippen LogP contribution in [0.5, 0.6) is 0 Å². The molecule has 0 rings (SSSR count). The van der Waals surface area contributed by atoms with Crippen molar-refractivity contribution in [3.05, 3.63) is 0 Å². The third-order valence-corrected chi connectivity index (χ3v) is 0. The molecule has 0 aliphatic carbocycles. The fraction of sp³-hybridized carbons (Fsp3) is 0. The Labute approximate surface area is 137 Å². The maximum Gasteiger partial charge on any atom is 4.00 e. The van der Waals surface area contributed by atoms with E-state index in [1.54, 1.807) is 0 Å². The molecule has 0 aliphatic rings. The number of carbonyl (C=O) groups is 5. The van der Waals surface area contributed by atoms with Crippen LogP contribution in [-0.2, 0) is 50.2 Å². The van der Waals surface area contributed by atoms with Gasteiger partial charge in [-0.2, -0.15) is 0 Å². The maximum absolute atomic E-state index is 8.25. The summed E-state index contributed by atoms with van der Waals surface area (Å²) in [5.41, 5.74) is 0. The molecule has 0 aromatic rings. The first-order valence-corrected chi connectivity index (χ1v) is 2.36. The predicted molar refractivity (Wildman–Crippen MR) is 30.3 cm³/mol. The van der Waals surface area contributed by atoms with E-state index in [2.05, 4.69) is 0 Å². The van der Waals surface area contributed by atoms with Crippen LogP contribution < -0.4 is 55.1 Å². The smallest absolute Gasteiger partial charge is 0.554 e. The van der Waals surface area contributed by atoms with Gasteiger partial charge in [-0.25, -0.2) is 0 Å². The van der Waals surface area contributed by atoms with Gasteiger partial charge in [-0.05, 0) is 0 Å². The Balaban J connectivity index is -0.0000000143. The third-order valence-electron chi connectivity index (χ3n) is 0. The van der Waals surface area contributed by atoms with Gasteiger partial charge in [0.25, 0.3) is 0 Å². The summed E-state index contributed by atoms with van der Waals surface area (Å²) in [7, 11) is 0. The molecule has 0 fully saturated rings. The first kappa shape index (κ1) is 44.2. The third kappa shape index (κ3) is 4540. The molecule has 0 atom stereocenters. The zero-order chi connectivity index (χ0) is 13.5. The second kappa shape index (κ2) is 172. The number of carboxylic acid groups (broad SMARTS) is 5. The first-order valence-electron chi connectivity index (χ1n) is 2.36. The number of rotatable bonds is 0. The van der Waals surface area contributed by atoms with Crippen LogP contribution in [0, 0.1) is 0 Å². The Morgan fingerprint density at radius 3 is 0.471 bits per heavy atom. The van der Waals surface area contributed by atoms with Crippen molar-refractivity contribution in [2.75, 3.05) is 0 Å². The number of hydrogen-bond donors (Lipinski definition) is 0. The van der Waals surface area contributed by atoms with Crippen LogP contribution in [0.15, 0.2) is 0 Å². The molecular formula is C5H5NaO10Zr. The van der Waals surface area contributed by atoms with E-state index in [1.807, 2.05) is 0 Å². The van der Waals surface area contributed by atoms with E-state index < -0.39 is 32.4 Å². The van der Waals surface area contributed by atoms with Gasteiger partial charge in [0.2, 0.25) is 0 Å². The van der Waals surface area contributed by atoms with Crippen molar-refractivity contribution in [3.63, 3.8) is 0 Å². The molecule has 0 saturated carbocycles.